The lowest BCUT2D eigenvalue weighted by Crippen LogP contribution is -2.11. The molecule has 2 aromatic rings. The quantitative estimate of drug-likeness (QED) is 0.875. The van der Waals surface area contributed by atoms with Crippen LogP contribution in [0.4, 0.5) is 0 Å². The van der Waals surface area contributed by atoms with Gasteiger partial charge in [-0.25, -0.2) is 0 Å². The summed E-state index contributed by atoms with van der Waals surface area (Å²) < 4.78 is 11.5. The number of phenols is 2. The number of fused-ring (bicyclic) bond motifs is 1. The van der Waals surface area contributed by atoms with Gasteiger partial charge in [-0.1, -0.05) is 6.58 Å². The summed E-state index contributed by atoms with van der Waals surface area (Å²) in [7, 11) is 1.57. The average Bonchev–Trinajstić information content (AvgIpc) is 2.49. The van der Waals surface area contributed by atoms with E-state index < -0.39 is 0 Å². The highest BCUT2D eigenvalue weighted by Gasteiger charge is 2.27. The van der Waals surface area contributed by atoms with Gasteiger partial charge in [0.25, 0.3) is 0 Å². The van der Waals surface area contributed by atoms with Gasteiger partial charge in [-0.3, -0.25) is 0 Å². The fourth-order valence-corrected chi connectivity index (χ4v) is 2.81. The van der Waals surface area contributed by atoms with Crippen molar-refractivity contribution < 1.29 is 19.7 Å². The van der Waals surface area contributed by atoms with E-state index in [1.807, 2.05) is 19.9 Å². The van der Waals surface area contributed by atoms with Gasteiger partial charge < -0.3 is 19.7 Å². The Hall–Kier alpha value is -2.88. The molecule has 2 N–H and O–H groups in total. The minimum Gasteiger partial charge on any atom is -0.508 e. The second-order valence-corrected chi connectivity index (χ2v) is 5.58. The fourth-order valence-electron chi connectivity index (χ4n) is 2.81. The minimum atomic E-state index is 0.135. The maximum atomic E-state index is 9.83. The third-order valence-corrected chi connectivity index (χ3v) is 3.94. The van der Waals surface area contributed by atoms with Crippen LogP contribution in [-0.4, -0.2) is 17.3 Å². The molecular weight excluding hydrogens is 292 g/mol. The number of aromatic hydroxyl groups is 2. The van der Waals surface area contributed by atoms with E-state index in [1.165, 1.54) is 0 Å². The van der Waals surface area contributed by atoms with E-state index in [0.29, 0.717) is 22.8 Å². The van der Waals surface area contributed by atoms with Gasteiger partial charge in [0.15, 0.2) is 11.5 Å². The monoisotopic (exact) mass is 310 g/mol. The summed E-state index contributed by atoms with van der Waals surface area (Å²) in [6.07, 6.45) is 0. The van der Waals surface area contributed by atoms with Crippen LogP contribution < -0.4 is 4.74 Å². The lowest BCUT2D eigenvalue weighted by molar-refractivity contribution is 0.297. The Bertz CT molecular complexity index is 847. The molecule has 0 radical (unpaired) electrons. The zero-order chi connectivity index (χ0) is 16.7. The SMILES string of the molecule is C=C1C(OC)=C(c2ccc(O)c(C)c2)Oc2cc(O)cc(C)c21. The molecule has 118 valence electrons. The molecule has 0 fully saturated rings. The highest BCUT2D eigenvalue weighted by atomic mass is 16.5. The average molecular weight is 310 g/mol. The van der Waals surface area contributed by atoms with E-state index in [2.05, 4.69) is 6.58 Å². The summed E-state index contributed by atoms with van der Waals surface area (Å²) in [4.78, 5) is 0. The van der Waals surface area contributed by atoms with E-state index in [-0.39, 0.29) is 11.5 Å². The molecule has 0 saturated heterocycles. The van der Waals surface area contributed by atoms with E-state index in [1.54, 1.807) is 31.4 Å². The van der Waals surface area contributed by atoms with Gasteiger partial charge in [-0.2, -0.15) is 0 Å². The van der Waals surface area contributed by atoms with Crippen LogP contribution in [0, 0.1) is 13.8 Å². The zero-order valence-corrected chi connectivity index (χ0v) is 13.3. The van der Waals surface area contributed by atoms with Crippen molar-refractivity contribution in [2.24, 2.45) is 0 Å². The molecule has 0 aromatic heterocycles. The van der Waals surface area contributed by atoms with Crippen molar-refractivity contribution in [3.63, 3.8) is 0 Å². The number of benzene rings is 2. The molecule has 23 heavy (non-hydrogen) atoms. The number of ether oxygens (including phenoxy) is 2. The molecule has 3 rings (SSSR count). The summed E-state index contributed by atoms with van der Waals surface area (Å²) in [5.74, 6) is 1.94. The Kier molecular flexibility index (Phi) is 3.52. The molecule has 1 aliphatic rings. The molecule has 0 atom stereocenters. The van der Waals surface area contributed by atoms with Gasteiger partial charge in [-0.05, 0) is 49.2 Å². The van der Waals surface area contributed by atoms with Crippen molar-refractivity contribution in [2.45, 2.75) is 13.8 Å². The first-order chi connectivity index (χ1) is 10.9. The van der Waals surface area contributed by atoms with Crippen molar-refractivity contribution in [3.8, 4) is 17.2 Å². The van der Waals surface area contributed by atoms with Crippen molar-refractivity contribution in [3.05, 3.63) is 64.9 Å². The third kappa shape index (κ3) is 2.42. The Morgan fingerprint density at radius 2 is 1.78 bits per heavy atom. The van der Waals surface area contributed by atoms with Gasteiger partial charge in [0.1, 0.15) is 17.2 Å². The van der Waals surface area contributed by atoms with Crippen molar-refractivity contribution in [1.82, 2.24) is 0 Å². The molecule has 1 heterocycles. The number of allylic oxidation sites excluding steroid dienone is 1. The van der Waals surface area contributed by atoms with Gasteiger partial charge in [0.2, 0.25) is 0 Å². The zero-order valence-electron chi connectivity index (χ0n) is 13.3. The smallest absolute Gasteiger partial charge is 0.177 e. The van der Waals surface area contributed by atoms with Crippen LogP contribution in [-0.2, 0) is 4.74 Å². The topological polar surface area (TPSA) is 58.9 Å². The Morgan fingerprint density at radius 1 is 1.04 bits per heavy atom. The highest BCUT2D eigenvalue weighted by Crippen LogP contribution is 2.44. The second kappa shape index (κ2) is 5.39. The number of aryl methyl sites for hydroxylation is 2. The number of hydrogen-bond acceptors (Lipinski definition) is 4. The maximum absolute atomic E-state index is 9.83. The Labute approximate surface area is 134 Å². The summed E-state index contributed by atoms with van der Waals surface area (Å²) in [5, 5.41) is 19.5. The van der Waals surface area contributed by atoms with Crippen molar-refractivity contribution >= 4 is 11.3 Å². The molecule has 0 unspecified atom stereocenters. The van der Waals surface area contributed by atoms with Crippen LogP contribution >= 0.6 is 0 Å². The predicted octanol–water partition coefficient (Wildman–Crippen LogP) is 4.14. The van der Waals surface area contributed by atoms with Crippen LogP contribution in [0.25, 0.3) is 11.3 Å². The first-order valence-corrected chi connectivity index (χ1v) is 7.21. The lowest BCUT2D eigenvalue weighted by atomic mass is 9.94. The van der Waals surface area contributed by atoms with Crippen molar-refractivity contribution in [1.29, 1.82) is 0 Å². The van der Waals surface area contributed by atoms with E-state index in [0.717, 1.165) is 22.3 Å². The highest BCUT2D eigenvalue weighted by molar-refractivity contribution is 5.91. The molecule has 0 aliphatic carbocycles. The summed E-state index contributed by atoms with van der Waals surface area (Å²) in [6, 6.07) is 8.41. The molecular formula is C19H18O4. The standard InChI is InChI=1S/C19H18O4/c1-10-7-13(5-6-15(10)21)19-18(22-4)12(3)17-11(2)8-14(20)9-16(17)23-19/h5-9,20-21H,3H2,1-2,4H3. The molecule has 0 amide bonds. The van der Waals surface area contributed by atoms with Crippen LogP contribution in [0.2, 0.25) is 0 Å². The minimum absolute atomic E-state index is 0.135. The van der Waals surface area contributed by atoms with Gasteiger partial charge >= 0.3 is 0 Å². The second-order valence-electron chi connectivity index (χ2n) is 5.58. The van der Waals surface area contributed by atoms with Crippen LogP contribution in [0.15, 0.2) is 42.7 Å². The number of phenolic OH excluding ortho intramolecular Hbond substituents is 2. The van der Waals surface area contributed by atoms with E-state index in [4.69, 9.17) is 9.47 Å². The third-order valence-electron chi connectivity index (χ3n) is 3.94. The largest absolute Gasteiger partial charge is 0.508 e. The van der Waals surface area contributed by atoms with E-state index in [9.17, 15) is 10.2 Å². The predicted molar refractivity (Wildman–Crippen MR) is 89.3 cm³/mol. The van der Waals surface area contributed by atoms with Crippen LogP contribution in [0.5, 0.6) is 17.2 Å². The number of hydrogen-bond donors (Lipinski definition) is 2. The molecule has 2 aromatic carbocycles. The molecule has 0 bridgehead atoms. The molecule has 1 aliphatic heterocycles. The van der Waals surface area contributed by atoms with Crippen LogP contribution in [0.3, 0.4) is 0 Å². The lowest BCUT2D eigenvalue weighted by Gasteiger charge is -2.26. The van der Waals surface area contributed by atoms with E-state index >= 15 is 0 Å². The van der Waals surface area contributed by atoms with Gasteiger partial charge in [0.05, 0.1) is 7.11 Å². The first kappa shape index (κ1) is 15.0. The van der Waals surface area contributed by atoms with Crippen molar-refractivity contribution in [2.75, 3.05) is 7.11 Å². The maximum Gasteiger partial charge on any atom is 0.177 e. The molecule has 4 nitrogen and oxygen atoms in total. The number of rotatable bonds is 2. The summed E-state index contributed by atoms with van der Waals surface area (Å²) in [6.45, 7) is 7.82. The molecule has 4 heteroatoms. The molecule has 0 spiro atoms. The first-order valence-electron chi connectivity index (χ1n) is 7.21. The summed E-state index contributed by atoms with van der Waals surface area (Å²) in [5.41, 5.74) is 3.88. The Balaban J connectivity index is 2.20. The summed E-state index contributed by atoms with van der Waals surface area (Å²) >= 11 is 0. The molecule has 0 saturated carbocycles. The van der Waals surface area contributed by atoms with Gasteiger partial charge in [0, 0.05) is 22.8 Å². The normalized spacial score (nSPS) is 13.6. The number of methoxy groups -OCH3 is 1. The van der Waals surface area contributed by atoms with Gasteiger partial charge in [-0.15, -0.1) is 0 Å². The van der Waals surface area contributed by atoms with Crippen LogP contribution in [0.1, 0.15) is 22.3 Å². The Morgan fingerprint density at radius 3 is 2.43 bits per heavy atom. The fraction of sp³-hybridized carbons (Fsp3) is 0.158.